The molecular formula is C15H19N3O2S. The van der Waals surface area contributed by atoms with E-state index >= 15 is 0 Å². The van der Waals surface area contributed by atoms with Crippen molar-refractivity contribution in [1.82, 2.24) is 15.5 Å². The topological polar surface area (TPSA) is 68.0 Å². The van der Waals surface area contributed by atoms with Crippen LogP contribution >= 0.6 is 11.8 Å². The summed E-state index contributed by atoms with van der Waals surface area (Å²) < 4.78 is 5.52. The average molecular weight is 305 g/mol. The lowest BCUT2D eigenvalue weighted by Gasteiger charge is -2.05. The van der Waals surface area contributed by atoms with E-state index < -0.39 is 0 Å². The summed E-state index contributed by atoms with van der Waals surface area (Å²) in [5, 5.41) is 11.2. The maximum Gasteiger partial charge on any atom is 0.277 e. The molecular weight excluding hydrogens is 286 g/mol. The van der Waals surface area contributed by atoms with Gasteiger partial charge in [-0.05, 0) is 24.5 Å². The molecule has 6 heteroatoms. The second-order valence-corrected chi connectivity index (χ2v) is 5.99. The summed E-state index contributed by atoms with van der Waals surface area (Å²) in [5.74, 6) is 1.33. The van der Waals surface area contributed by atoms with E-state index in [1.807, 2.05) is 30.3 Å². The van der Waals surface area contributed by atoms with Gasteiger partial charge in [0.15, 0.2) is 0 Å². The average Bonchev–Trinajstić information content (AvgIpc) is 2.94. The summed E-state index contributed by atoms with van der Waals surface area (Å²) in [6.45, 7) is 4.96. The van der Waals surface area contributed by atoms with Crippen molar-refractivity contribution in [2.45, 2.75) is 25.5 Å². The minimum absolute atomic E-state index is 0.0138. The van der Waals surface area contributed by atoms with Crippen molar-refractivity contribution in [1.29, 1.82) is 0 Å². The Hall–Kier alpha value is -1.82. The Kier molecular flexibility index (Phi) is 5.80. The molecule has 1 N–H and O–H groups in total. The second-order valence-electron chi connectivity index (χ2n) is 5.06. The van der Waals surface area contributed by atoms with Gasteiger partial charge in [0.2, 0.25) is 11.8 Å². The van der Waals surface area contributed by atoms with Crippen molar-refractivity contribution in [3.63, 3.8) is 0 Å². The molecule has 0 fully saturated rings. The molecule has 0 aliphatic carbocycles. The van der Waals surface area contributed by atoms with Crippen LogP contribution in [0.1, 0.15) is 20.3 Å². The fourth-order valence-electron chi connectivity index (χ4n) is 1.64. The quantitative estimate of drug-likeness (QED) is 0.796. The van der Waals surface area contributed by atoms with Gasteiger partial charge in [-0.25, -0.2) is 0 Å². The summed E-state index contributed by atoms with van der Waals surface area (Å²) in [6, 6.07) is 9.56. The van der Waals surface area contributed by atoms with Gasteiger partial charge in [0.25, 0.3) is 5.22 Å². The first-order valence-corrected chi connectivity index (χ1v) is 7.92. The van der Waals surface area contributed by atoms with E-state index in [0.29, 0.717) is 23.6 Å². The Balaban J connectivity index is 1.79. The zero-order chi connectivity index (χ0) is 15.1. The molecule has 1 aromatic heterocycles. The van der Waals surface area contributed by atoms with Crippen LogP contribution in [0.5, 0.6) is 0 Å². The van der Waals surface area contributed by atoms with E-state index in [2.05, 4.69) is 29.4 Å². The van der Waals surface area contributed by atoms with Crippen LogP contribution in [0.2, 0.25) is 0 Å². The van der Waals surface area contributed by atoms with E-state index in [1.54, 1.807) is 0 Å². The highest BCUT2D eigenvalue weighted by Gasteiger charge is 2.10. The van der Waals surface area contributed by atoms with Crippen LogP contribution in [0.25, 0.3) is 11.5 Å². The number of hydrogen-bond donors (Lipinski definition) is 1. The lowest BCUT2D eigenvalue weighted by atomic mass is 10.1. The molecule has 5 nitrogen and oxygen atoms in total. The number of rotatable bonds is 7. The molecule has 0 saturated carbocycles. The Morgan fingerprint density at radius 3 is 2.76 bits per heavy atom. The van der Waals surface area contributed by atoms with Crippen LogP contribution in [0.4, 0.5) is 0 Å². The van der Waals surface area contributed by atoms with Crippen molar-refractivity contribution in [3.8, 4) is 11.5 Å². The van der Waals surface area contributed by atoms with Crippen molar-refractivity contribution in [2.75, 3.05) is 12.3 Å². The maximum absolute atomic E-state index is 11.7. The predicted molar refractivity (Wildman–Crippen MR) is 82.9 cm³/mol. The summed E-state index contributed by atoms with van der Waals surface area (Å²) in [6.07, 6.45) is 0.981. The minimum Gasteiger partial charge on any atom is -0.411 e. The number of thioether (sulfide) groups is 1. The first-order chi connectivity index (χ1) is 10.1. The SMILES string of the molecule is CC(C)CCNC(=O)CSc1nnc(-c2ccccc2)o1. The highest BCUT2D eigenvalue weighted by molar-refractivity contribution is 7.99. The van der Waals surface area contributed by atoms with Gasteiger partial charge in [0.1, 0.15) is 0 Å². The van der Waals surface area contributed by atoms with Gasteiger partial charge in [-0.3, -0.25) is 4.79 Å². The third-order valence-corrected chi connectivity index (χ3v) is 3.62. The molecule has 2 rings (SSSR count). The van der Waals surface area contributed by atoms with E-state index in [1.165, 1.54) is 11.8 Å². The molecule has 0 saturated heterocycles. The van der Waals surface area contributed by atoms with E-state index in [9.17, 15) is 4.79 Å². The number of carbonyl (C=O) groups is 1. The van der Waals surface area contributed by atoms with Crippen LogP contribution in [0.3, 0.4) is 0 Å². The number of hydrogen-bond acceptors (Lipinski definition) is 5. The van der Waals surface area contributed by atoms with Crippen LogP contribution in [-0.2, 0) is 4.79 Å². The molecule has 1 amide bonds. The Labute approximate surface area is 128 Å². The lowest BCUT2D eigenvalue weighted by Crippen LogP contribution is -2.26. The van der Waals surface area contributed by atoms with Crippen molar-refractivity contribution in [2.24, 2.45) is 5.92 Å². The van der Waals surface area contributed by atoms with Crippen LogP contribution < -0.4 is 5.32 Å². The Morgan fingerprint density at radius 2 is 2.05 bits per heavy atom. The number of nitrogens with zero attached hydrogens (tertiary/aromatic N) is 2. The molecule has 112 valence electrons. The monoisotopic (exact) mass is 305 g/mol. The first-order valence-electron chi connectivity index (χ1n) is 6.93. The number of nitrogens with one attached hydrogen (secondary N) is 1. The fraction of sp³-hybridized carbons (Fsp3) is 0.400. The van der Waals surface area contributed by atoms with Crippen molar-refractivity contribution < 1.29 is 9.21 Å². The summed E-state index contributed by atoms with van der Waals surface area (Å²) in [7, 11) is 0. The fourth-order valence-corrected chi connectivity index (χ4v) is 2.24. The Bertz CT molecular complexity index is 569. The van der Waals surface area contributed by atoms with Crippen LogP contribution in [0, 0.1) is 5.92 Å². The Morgan fingerprint density at radius 1 is 1.29 bits per heavy atom. The molecule has 0 atom stereocenters. The highest BCUT2D eigenvalue weighted by atomic mass is 32.2. The normalized spacial score (nSPS) is 10.8. The van der Waals surface area contributed by atoms with Crippen molar-refractivity contribution in [3.05, 3.63) is 30.3 Å². The molecule has 2 aromatic rings. The molecule has 1 aromatic carbocycles. The molecule has 0 aliphatic heterocycles. The largest absolute Gasteiger partial charge is 0.411 e. The minimum atomic E-state index is -0.0138. The van der Waals surface area contributed by atoms with Gasteiger partial charge in [0.05, 0.1) is 5.75 Å². The van der Waals surface area contributed by atoms with Gasteiger partial charge < -0.3 is 9.73 Å². The molecule has 0 aliphatic rings. The van der Waals surface area contributed by atoms with Crippen LogP contribution in [0.15, 0.2) is 40.0 Å². The smallest absolute Gasteiger partial charge is 0.277 e. The lowest BCUT2D eigenvalue weighted by molar-refractivity contribution is -0.118. The molecule has 0 radical (unpaired) electrons. The number of amides is 1. The first kappa shape index (κ1) is 15.6. The van der Waals surface area contributed by atoms with E-state index in [4.69, 9.17) is 4.42 Å². The predicted octanol–water partition coefficient (Wildman–Crippen LogP) is 2.99. The molecule has 0 bridgehead atoms. The van der Waals surface area contributed by atoms with E-state index in [0.717, 1.165) is 12.0 Å². The van der Waals surface area contributed by atoms with Crippen molar-refractivity contribution >= 4 is 17.7 Å². The van der Waals surface area contributed by atoms with E-state index in [-0.39, 0.29) is 11.7 Å². The third kappa shape index (κ3) is 5.23. The van der Waals surface area contributed by atoms with Crippen LogP contribution in [-0.4, -0.2) is 28.4 Å². The standard InChI is InChI=1S/C15H19N3O2S/c1-11(2)8-9-16-13(19)10-21-15-18-17-14(20-15)12-6-4-3-5-7-12/h3-7,11H,8-10H2,1-2H3,(H,16,19). The number of carbonyl (C=O) groups excluding carboxylic acids is 1. The summed E-state index contributed by atoms with van der Waals surface area (Å²) in [5.41, 5.74) is 0.873. The molecule has 1 heterocycles. The zero-order valence-corrected chi connectivity index (χ0v) is 13.0. The number of aromatic nitrogens is 2. The molecule has 0 unspecified atom stereocenters. The summed E-state index contributed by atoms with van der Waals surface area (Å²) >= 11 is 1.25. The van der Waals surface area contributed by atoms with Gasteiger partial charge in [-0.2, -0.15) is 0 Å². The maximum atomic E-state index is 11.7. The number of benzene rings is 1. The van der Waals surface area contributed by atoms with Gasteiger partial charge in [-0.15, -0.1) is 10.2 Å². The highest BCUT2D eigenvalue weighted by Crippen LogP contribution is 2.22. The molecule has 0 spiro atoms. The second kappa shape index (κ2) is 7.83. The van der Waals surface area contributed by atoms with Gasteiger partial charge in [-0.1, -0.05) is 43.8 Å². The third-order valence-electron chi connectivity index (χ3n) is 2.80. The summed E-state index contributed by atoms with van der Waals surface area (Å²) in [4.78, 5) is 11.7. The van der Waals surface area contributed by atoms with Gasteiger partial charge in [0, 0.05) is 12.1 Å². The van der Waals surface area contributed by atoms with Gasteiger partial charge >= 0.3 is 0 Å². The zero-order valence-electron chi connectivity index (χ0n) is 12.2. The molecule has 21 heavy (non-hydrogen) atoms.